The van der Waals surface area contributed by atoms with E-state index in [1.807, 2.05) is 26.8 Å². The van der Waals surface area contributed by atoms with Gasteiger partial charge in [0, 0.05) is 12.6 Å². The Hall–Kier alpha value is -0.950. The maximum atomic E-state index is 12.9. The number of aliphatic hydroxyl groups is 1. The fourth-order valence-electron chi connectivity index (χ4n) is 2.66. The van der Waals surface area contributed by atoms with E-state index in [-0.39, 0.29) is 23.6 Å². The topological polar surface area (TPSA) is 66.8 Å². The van der Waals surface area contributed by atoms with Crippen molar-refractivity contribution >= 4 is 10.0 Å². The van der Waals surface area contributed by atoms with E-state index in [4.69, 9.17) is 4.74 Å². The molecular formula is C15H23NO4S. The van der Waals surface area contributed by atoms with Crippen LogP contribution in [-0.4, -0.2) is 43.1 Å². The Morgan fingerprint density at radius 3 is 2.57 bits per heavy atom. The van der Waals surface area contributed by atoms with Gasteiger partial charge in [-0.15, -0.1) is 0 Å². The number of nitrogens with zero attached hydrogens (tertiary/aromatic N) is 1. The lowest BCUT2D eigenvalue weighted by molar-refractivity contribution is -0.0170. The second kappa shape index (κ2) is 6.04. The molecule has 1 N–H and O–H groups in total. The standard InChI is InChI=1S/C15H23NO4S/c1-10-5-11(2)15(6-14(10)8-17)21(18,19)16-7-13(4)20-9-12(16)3/h5-6,12-13,17H,7-9H2,1-4H3. The van der Waals surface area contributed by atoms with Gasteiger partial charge in [-0.25, -0.2) is 8.42 Å². The van der Waals surface area contributed by atoms with E-state index in [9.17, 15) is 13.5 Å². The third-order valence-electron chi connectivity index (χ3n) is 3.94. The number of hydrogen-bond donors (Lipinski definition) is 1. The molecule has 0 saturated carbocycles. The van der Waals surface area contributed by atoms with Crippen molar-refractivity contribution in [1.29, 1.82) is 0 Å². The van der Waals surface area contributed by atoms with E-state index < -0.39 is 10.0 Å². The summed E-state index contributed by atoms with van der Waals surface area (Å²) in [6.07, 6.45) is -0.112. The van der Waals surface area contributed by atoms with Crippen LogP contribution in [-0.2, 0) is 21.4 Å². The lowest BCUT2D eigenvalue weighted by Crippen LogP contribution is -2.50. The van der Waals surface area contributed by atoms with Crippen LogP contribution in [0.5, 0.6) is 0 Å². The summed E-state index contributed by atoms with van der Waals surface area (Å²) in [5.74, 6) is 0. The van der Waals surface area contributed by atoms with Crippen molar-refractivity contribution in [3.63, 3.8) is 0 Å². The van der Waals surface area contributed by atoms with Crippen molar-refractivity contribution < 1.29 is 18.3 Å². The Morgan fingerprint density at radius 1 is 1.29 bits per heavy atom. The Balaban J connectivity index is 2.48. The highest BCUT2D eigenvalue weighted by molar-refractivity contribution is 7.89. The molecule has 2 unspecified atom stereocenters. The third-order valence-corrected chi connectivity index (χ3v) is 6.06. The fourth-order valence-corrected chi connectivity index (χ4v) is 4.61. The van der Waals surface area contributed by atoms with Crippen molar-refractivity contribution in [1.82, 2.24) is 4.31 Å². The molecule has 1 aromatic rings. The maximum absolute atomic E-state index is 12.9. The Morgan fingerprint density at radius 2 is 1.95 bits per heavy atom. The van der Waals surface area contributed by atoms with Crippen molar-refractivity contribution in [2.75, 3.05) is 13.2 Å². The van der Waals surface area contributed by atoms with Crippen LogP contribution in [0.15, 0.2) is 17.0 Å². The summed E-state index contributed by atoms with van der Waals surface area (Å²) in [5, 5.41) is 9.38. The SMILES string of the molecule is Cc1cc(C)c(S(=O)(=O)N2CC(C)OCC2C)cc1CO. The summed E-state index contributed by atoms with van der Waals surface area (Å²) in [5.41, 5.74) is 2.25. The van der Waals surface area contributed by atoms with Gasteiger partial charge in [0.25, 0.3) is 0 Å². The summed E-state index contributed by atoms with van der Waals surface area (Å²) >= 11 is 0. The first-order valence-corrected chi connectivity index (χ1v) is 8.55. The van der Waals surface area contributed by atoms with Crippen LogP contribution in [0, 0.1) is 13.8 Å². The molecule has 2 atom stereocenters. The van der Waals surface area contributed by atoms with E-state index in [1.165, 1.54) is 4.31 Å². The summed E-state index contributed by atoms with van der Waals surface area (Å²) in [4.78, 5) is 0.276. The number of benzene rings is 1. The second-order valence-electron chi connectivity index (χ2n) is 5.77. The van der Waals surface area contributed by atoms with Crippen LogP contribution in [0.25, 0.3) is 0 Å². The minimum absolute atomic E-state index is 0.112. The van der Waals surface area contributed by atoms with Gasteiger partial charge in [0.05, 0.1) is 24.2 Å². The molecule has 6 heteroatoms. The molecule has 1 aliphatic rings. The average molecular weight is 313 g/mol. The minimum Gasteiger partial charge on any atom is -0.392 e. The van der Waals surface area contributed by atoms with Gasteiger partial charge >= 0.3 is 0 Å². The van der Waals surface area contributed by atoms with E-state index in [0.717, 1.165) is 5.56 Å². The van der Waals surface area contributed by atoms with E-state index in [2.05, 4.69) is 0 Å². The van der Waals surface area contributed by atoms with Crippen LogP contribution in [0.2, 0.25) is 0 Å². The minimum atomic E-state index is -3.58. The van der Waals surface area contributed by atoms with Crippen molar-refractivity contribution in [2.45, 2.75) is 51.3 Å². The molecule has 118 valence electrons. The van der Waals surface area contributed by atoms with Crippen LogP contribution >= 0.6 is 0 Å². The van der Waals surface area contributed by atoms with Crippen LogP contribution in [0.3, 0.4) is 0 Å². The number of rotatable bonds is 3. The smallest absolute Gasteiger partial charge is 0.243 e. The second-order valence-corrected chi connectivity index (χ2v) is 7.63. The van der Waals surface area contributed by atoms with Crippen molar-refractivity contribution in [2.24, 2.45) is 0 Å². The Kier molecular flexibility index (Phi) is 4.72. The van der Waals surface area contributed by atoms with Gasteiger partial charge in [-0.3, -0.25) is 0 Å². The van der Waals surface area contributed by atoms with Crippen molar-refractivity contribution in [3.05, 3.63) is 28.8 Å². The first kappa shape index (κ1) is 16.4. The highest BCUT2D eigenvalue weighted by Gasteiger charge is 2.35. The molecule has 0 spiro atoms. The number of sulfonamides is 1. The molecule has 0 amide bonds. The number of hydrogen-bond acceptors (Lipinski definition) is 4. The van der Waals surface area contributed by atoms with E-state index >= 15 is 0 Å². The highest BCUT2D eigenvalue weighted by Crippen LogP contribution is 2.27. The molecule has 1 aliphatic heterocycles. The summed E-state index contributed by atoms with van der Waals surface area (Å²) in [7, 11) is -3.58. The van der Waals surface area contributed by atoms with Gasteiger partial charge in [-0.1, -0.05) is 6.07 Å². The average Bonchev–Trinajstić information content (AvgIpc) is 2.41. The molecule has 1 aromatic carbocycles. The first-order valence-electron chi connectivity index (χ1n) is 7.11. The highest BCUT2D eigenvalue weighted by atomic mass is 32.2. The fraction of sp³-hybridized carbons (Fsp3) is 0.600. The number of ether oxygens (including phenoxy) is 1. The zero-order chi connectivity index (χ0) is 15.8. The quantitative estimate of drug-likeness (QED) is 0.920. The molecule has 21 heavy (non-hydrogen) atoms. The summed E-state index contributed by atoms with van der Waals surface area (Å²) < 4.78 is 32.9. The molecule has 0 radical (unpaired) electrons. The number of morpholine rings is 1. The lowest BCUT2D eigenvalue weighted by Gasteiger charge is -2.36. The molecule has 0 aromatic heterocycles. The van der Waals surface area contributed by atoms with Crippen LogP contribution < -0.4 is 0 Å². The number of aliphatic hydroxyl groups excluding tert-OH is 1. The van der Waals surface area contributed by atoms with Gasteiger partial charge in [0.15, 0.2) is 0 Å². The zero-order valence-electron chi connectivity index (χ0n) is 13.0. The van der Waals surface area contributed by atoms with Gasteiger partial charge < -0.3 is 9.84 Å². The molecule has 1 fully saturated rings. The molecule has 0 bridgehead atoms. The molecule has 1 heterocycles. The first-order chi connectivity index (χ1) is 9.77. The predicted molar refractivity (Wildman–Crippen MR) is 80.6 cm³/mol. The van der Waals surface area contributed by atoms with Gasteiger partial charge in [-0.05, 0) is 50.5 Å². The molecule has 1 saturated heterocycles. The lowest BCUT2D eigenvalue weighted by atomic mass is 10.1. The molecule has 5 nitrogen and oxygen atoms in total. The third kappa shape index (κ3) is 3.13. The van der Waals surface area contributed by atoms with E-state index in [1.54, 1.807) is 13.0 Å². The molecule has 2 rings (SSSR count). The van der Waals surface area contributed by atoms with Crippen LogP contribution in [0.4, 0.5) is 0 Å². The van der Waals surface area contributed by atoms with E-state index in [0.29, 0.717) is 24.3 Å². The molecule has 0 aliphatic carbocycles. The largest absolute Gasteiger partial charge is 0.392 e. The predicted octanol–water partition coefficient (Wildman–Crippen LogP) is 1.59. The summed E-state index contributed by atoms with van der Waals surface area (Å²) in [6.45, 7) is 7.96. The van der Waals surface area contributed by atoms with Gasteiger partial charge in [-0.2, -0.15) is 4.31 Å². The molecular weight excluding hydrogens is 290 g/mol. The maximum Gasteiger partial charge on any atom is 0.243 e. The Labute approximate surface area is 126 Å². The zero-order valence-corrected chi connectivity index (χ0v) is 13.8. The monoisotopic (exact) mass is 313 g/mol. The van der Waals surface area contributed by atoms with Gasteiger partial charge in [0.2, 0.25) is 10.0 Å². The Bertz CT molecular complexity index is 627. The normalized spacial score (nSPS) is 24.2. The van der Waals surface area contributed by atoms with Gasteiger partial charge in [0.1, 0.15) is 0 Å². The van der Waals surface area contributed by atoms with Crippen LogP contribution in [0.1, 0.15) is 30.5 Å². The number of aryl methyl sites for hydroxylation is 2. The summed E-state index contributed by atoms with van der Waals surface area (Å²) in [6, 6.07) is 3.21. The van der Waals surface area contributed by atoms with Crippen molar-refractivity contribution in [3.8, 4) is 0 Å².